The number of hydrogen-bond acceptors (Lipinski definition) is 1. The second-order valence-corrected chi connectivity index (χ2v) is 3.80. The van der Waals surface area contributed by atoms with Crippen molar-refractivity contribution < 1.29 is 0 Å². The molecule has 0 spiro atoms. The normalized spacial score (nSPS) is 16.9. The summed E-state index contributed by atoms with van der Waals surface area (Å²) in [6, 6.07) is 0. The molecule has 0 aromatic carbocycles. The Morgan fingerprint density at radius 2 is 1.42 bits per heavy atom. The summed E-state index contributed by atoms with van der Waals surface area (Å²) in [6.45, 7) is 2.23. The van der Waals surface area contributed by atoms with Crippen LogP contribution in [0.1, 0.15) is 25.7 Å². The van der Waals surface area contributed by atoms with Crippen LogP contribution in [0.15, 0.2) is 0 Å². The van der Waals surface area contributed by atoms with E-state index in [4.69, 9.17) is 12.2 Å². The topological polar surface area (TPSA) is 3.24 Å². The average Bonchev–Trinajstić information content (AvgIpc) is 2.12. The third-order valence-electron chi connectivity index (χ3n) is 1.88. The van der Waals surface area contributed by atoms with Crippen LogP contribution in [-0.2, 0) is 27.0 Å². The van der Waals surface area contributed by atoms with Crippen molar-refractivity contribution in [3.63, 3.8) is 0 Å². The molecule has 1 aliphatic rings. The molecule has 0 unspecified atom stereocenters. The molecular formula is C7H13NS4-4. The second kappa shape index (κ2) is 8.53. The number of nitrogens with zero attached hydrogens (tertiary/aromatic N) is 1. The van der Waals surface area contributed by atoms with E-state index in [9.17, 15) is 0 Å². The quantitative estimate of drug-likeness (QED) is 0.509. The molecule has 1 aliphatic heterocycles. The van der Waals surface area contributed by atoms with Crippen molar-refractivity contribution in [1.82, 2.24) is 4.90 Å². The Hall–Kier alpha value is 0.940. The van der Waals surface area contributed by atoms with E-state index in [2.05, 4.69) is 17.5 Å². The Kier molecular flexibility index (Phi) is 11.0. The highest BCUT2D eigenvalue weighted by molar-refractivity contribution is 8.10. The molecule has 0 aromatic rings. The molecular weight excluding hydrogens is 226 g/mol. The molecule has 12 heavy (non-hydrogen) atoms. The molecule has 0 aliphatic carbocycles. The minimum atomic E-state index is 0. The summed E-state index contributed by atoms with van der Waals surface area (Å²) in [7, 11) is 0. The van der Waals surface area contributed by atoms with E-state index in [0.717, 1.165) is 17.4 Å². The molecule has 1 rings (SSSR count). The number of rotatable bonds is 0. The Bertz CT molecular complexity index is 121. The first-order valence-electron chi connectivity index (χ1n) is 3.78. The van der Waals surface area contributed by atoms with Crippen LogP contribution in [0.2, 0.25) is 0 Å². The fraction of sp³-hybridized carbons (Fsp3) is 0.857. The smallest absolute Gasteiger partial charge is 0.133 e. The summed E-state index contributed by atoms with van der Waals surface area (Å²) in [6.07, 6.45) is 5.27. The highest BCUT2D eigenvalue weighted by Crippen LogP contribution is 2.10. The van der Waals surface area contributed by atoms with Gasteiger partial charge in [-0.3, -0.25) is 0 Å². The summed E-state index contributed by atoms with van der Waals surface area (Å²) >= 11 is 9.11. The van der Waals surface area contributed by atoms with Crippen LogP contribution in [0.25, 0.3) is 0 Å². The first-order valence-corrected chi connectivity index (χ1v) is 4.64. The third kappa shape index (κ3) is 5.56. The lowest BCUT2D eigenvalue weighted by molar-refractivity contribution is 0.450. The van der Waals surface area contributed by atoms with E-state index in [1.54, 1.807) is 0 Å². The summed E-state index contributed by atoms with van der Waals surface area (Å²) in [4.78, 5) is 2.19. The Labute approximate surface area is 99.6 Å². The van der Waals surface area contributed by atoms with Crippen LogP contribution in [0.3, 0.4) is 0 Å². The summed E-state index contributed by atoms with van der Waals surface area (Å²) in [5.41, 5.74) is 0. The number of thiocarbonyl (C=S) groups is 1. The molecule has 0 N–H and O–H groups in total. The van der Waals surface area contributed by atoms with Crippen molar-refractivity contribution in [2.75, 3.05) is 13.1 Å². The maximum absolute atomic E-state index is 4.97. The average molecular weight is 239 g/mol. The van der Waals surface area contributed by atoms with Crippen molar-refractivity contribution >= 4 is 56.2 Å². The van der Waals surface area contributed by atoms with Gasteiger partial charge in [-0.15, -0.1) is 12.6 Å². The van der Waals surface area contributed by atoms with Gasteiger partial charge in [0, 0.05) is 13.1 Å². The predicted molar refractivity (Wildman–Crippen MR) is 66.4 cm³/mol. The van der Waals surface area contributed by atoms with Crippen molar-refractivity contribution in [1.29, 1.82) is 0 Å². The summed E-state index contributed by atoms with van der Waals surface area (Å²) in [5, 5.41) is 0. The zero-order valence-electron chi connectivity index (χ0n) is 6.86. The molecule has 0 atom stereocenters. The largest absolute Gasteiger partial charge is 2.00 e. The molecule has 1 fully saturated rings. The van der Waals surface area contributed by atoms with Gasteiger partial charge in [-0.05, 0) is 12.8 Å². The lowest BCUT2D eigenvalue weighted by Gasteiger charge is -2.19. The molecule has 5 heteroatoms. The highest BCUT2D eigenvalue weighted by Gasteiger charge is 2.08. The molecule has 0 bridgehead atoms. The van der Waals surface area contributed by atoms with E-state index in [0.29, 0.717) is 0 Å². The minimum Gasteiger partial charge on any atom is -2.00 e. The fourth-order valence-electron chi connectivity index (χ4n) is 1.26. The standard InChI is InChI=1S/C7H13NS2.2S/c9-7(10)8-5-3-1-2-4-6-8;;/h1-6H2,(H,9,10);;/q;2*-2. The highest BCUT2D eigenvalue weighted by atomic mass is 32.1. The fourth-order valence-corrected chi connectivity index (χ4v) is 1.64. The number of hydrogen-bond donors (Lipinski definition) is 1. The molecule has 0 amide bonds. The molecule has 1 saturated heterocycles. The van der Waals surface area contributed by atoms with Crippen molar-refractivity contribution in [3.8, 4) is 0 Å². The number of likely N-dealkylation sites (tertiary alicyclic amines) is 1. The van der Waals surface area contributed by atoms with Crippen LogP contribution in [0.5, 0.6) is 0 Å². The maximum atomic E-state index is 4.97. The lowest BCUT2D eigenvalue weighted by Crippen LogP contribution is -2.26. The van der Waals surface area contributed by atoms with Gasteiger partial charge in [0.15, 0.2) is 0 Å². The van der Waals surface area contributed by atoms with Crippen LogP contribution in [0, 0.1) is 0 Å². The number of thiol groups is 1. The van der Waals surface area contributed by atoms with Gasteiger partial charge in [0.2, 0.25) is 0 Å². The van der Waals surface area contributed by atoms with Gasteiger partial charge < -0.3 is 31.9 Å². The Balaban J connectivity index is 0. The molecule has 0 aromatic heterocycles. The van der Waals surface area contributed by atoms with Gasteiger partial charge in [0.25, 0.3) is 0 Å². The van der Waals surface area contributed by atoms with Crippen LogP contribution < -0.4 is 0 Å². The lowest BCUT2D eigenvalue weighted by atomic mass is 10.2. The van der Waals surface area contributed by atoms with Crippen LogP contribution in [0.4, 0.5) is 0 Å². The van der Waals surface area contributed by atoms with Gasteiger partial charge in [0.1, 0.15) is 4.32 Å². The van der Waals surface area contributed by atoms with E-state index in [1.807, 2.05) is 0 Å². The zero-order valence-corrected chi connectivity index (χ0v) is 10.2. The van der Waals surface area contributed by atoms with E-state index in [1.165, 1.54) is 25.7 Å². The summed E-state index contributed by atoms with van der Waals surface area (Å²) in [5.74, 6) is 0. The molecule has 0 radical (unpaired) electrons. The monoisotopic (exact) mass is 239 g/mol. The van der Waals surface area contributed by atoms with Crippen molar-refractivity contribution in [3.05, 3.63) is 0 Å². The Morgan fingerprint density at radius 1 is 1.00 bits per heavy atom. The van der Waals surface area contributed by atoms with Crippen LogP contribution in [-0.4, -0.2) is 22.3 Å². The van der Waals surface area contributed by atoms with Crippen molar-refractivity contribution in [2.45, 2.75) is 25.7 Å². The van der Waals surface area contributed by atoms with Gasteiger partial charge in [-0.25, -0.2) is 0 Å². The van der Waals surface area contributed by atoms with Gasteiger partial charge in [-0.2, -0.15) is 0 Å². The Morgan fingerprint density at radius 3 is 1.75 bits per heavy atom. The maximum Gasteiger partial charge on any atom is 0.133 e. The predicted octanol–water partition coefficient (Wildman–Crippen LogP) is 2.07. The SMILES string of the molecule is S=C(S)N1CCCCCC1.[S-2].[S-2]. The van der Waals surface area contributed by atoms with E-state index >= 15 is 0 Å². The minimum absolute atomic E-state index is 0. The molecule has 0 saturated carbocycles. The molecule has 1 nitrogen and oxygen atoms in total. The van der Waals surface area contributed by atoms with Gasteiger partial charge in [-0.1, -0.05) is 25.1 Å². The van der Waals surface area contributed by atoms with Gasteiger partial charge in [0.05, 0.1) is 0 Å². The first-order chi connectivity index (χ1) is 4.80. The van der Waals surface area contributed by atoms with Gasteiger partial charge >= 0.3 is 0 Å². The van der Waals surface area contributed by atoms with E-state index in [-0.39, 0.29) is 27.0 Å². The van der Waals surface area contributed by atoms with Crippen molar-refractivity contribution in [2.24, 2.45) is 0 Å². The first kappa shape index (κ1) is 15.4. The molecule has 74 valence electrons. The third-order valence-corrected chi connectivity index (χ3v) is 2.42. The molecule has 1 heterocycles. The van der Waals surface area contributed by atoms with Crippen LogP contribution >= 0.6 is 24.8 Å². The second-order valence-electron chi connectivity index (χ2n) is 2.68. The van der Waals surface area contributed by atoms with E-state index < -0.39 is 0 Å². The summed E-state index contributed by atoms with van der Waals surface area (Å²) < 4.78 is 0.766. The zero-order chi connectivity index (χ0) is 7.40.